The first-order valence-corrected chi connectivity index (χ1v) is 8.51. The molecule has 1 heterocycles. The number of carbonyl (C=O) groups is 3. The van der Waals surface area contributed by atoms with Gasteiger partial charge < -0.3 is 14.0 Å². The molecule has 2 aromatic rings. The fraction of sp³-hybridized carbons (Fsp3) is 0.350. The van der Waals surface area contributed by atoms with Gasteiger partial charge in [0.25, 0.3) is 11.8 Å². The number of benzene rings is 1. The topological polar surface area (TPSA) is 86.6 Å². The van der Waals surface area contributed by atoms with Crippen LogP contribution in [0.15, 0.2) is 42.6 Å². The van der Waals surface area contributed by atoms with Crippen LogP contribution in [-0.2, 0) is 26.8 Å². The van der Waals surface area contributed by atoms with E-state index in [-0.39, 0.29) is 12.0 Å². The van der Waals surface area contributed by atoms with Crippen molar-refractivity contribution in [2.75, 3.05) is 13.2 Å². The molecule has 0 aliphatic carbocycles. The van der Waals surface area contributed by atoms with Gasteiger partial charge in [0.15, 0.2) is 13.2 Å². The number of nitrogens with one attached hydrogen (secondary N) is 1. The molecule has 0 fully saturated rings. The summed E-state index contributed by atoms with van der Waals surface area (Å²) in [7, 11) is 1.69. The highest BCUT2D eigenvalue weighted by atomic mass is 16.6. The van der Waals surface area contributed by atoms with E-state index in [2.05, 4.69) is 26.1 Å². The molecule has 0 spiro atoms. The predicted octanol–water partition coefficient (Wildman–Crippen LogP) is 2.20. The Morgan fingerprint density at radius 2 is 1.70 bits per heavy atom. The third-order valence-electron chi connectivity index (χ3n) is 3.87. The highest BCUT2D eigenvalue weighted by Crippen LogP contribution is 2.24. The lowest BCUT2D eigenvalue weighted by Crippen LogP contribution is -2.35. The molecule has 1 aromatic carbocycles. The quantitative estimate of drug-likeness (QED) is 0.786. The number of carbonyl (C=O) groups excluding carboxylic acids is 3. The molecule has 0 saturated carbocycles. The number of nitrogens with zero attached hydrogens (tertiary/aromatic N) is 1. The molecule has 1 aromatic heterocycles. The number of imide groups is 1. The second-order valence-corrected chi connectivity index (χ2v) is 7.11. The third kappa shape index (κ3) is 5.99. The molecule has 0 aliphatic heterocycles. The minimum absolute atomic E-state index is 0.0294. The fourth-order valence-electron chi connectivity index (χ4n) is 2.30. The van der Waals surface area contributed by atoms with E-state index in [4.69, 9.17) is 9.47 Å². The zero-order valence-corrected chi connectivity index (χ0v) is 15.9. The Labute approximate surface area is 158 Å². The van der Waals surface area contributed by atoms with Gasteiger partial charge in [0.05, 0.1) is 0 Å². The van der Waals surface area contributed by atoms with E-state index in [1.807, 2.05) is 12.1 Å². The molecule has 0 atom stereocenters. The fourth-order valence-corrected chi connectivity index (χ4v) is 2.30. The van der Waals surface area contributed by atoms with Crippen molar-refractivity contribution < 1.29 is 23.9 Å². The zero-order chi connectivity index (χ0) is 20.0. The molecule has 7 heteroatoms. The van der Waals surface area contributed by atoms with Crippen molar-refractivity contribution in [1.29, 1.82) is 0 Å². The van der Waals surface area contributed by atoms with E-state index >= 15 is 0 Å². The number of aromatic nitrogens is 1. The SMILES string of the molecule is Cn1cccc1C(=O)NC(=O)COC(=O)COc1ccc(C(C)(C)C)cc1. The van der Waals surface area contributed by atoms with Crippen LogP contribution in [0.3, 0.4) is 0 Å². The van der Waals surface area contributed by atoms with Crippen molar-refractivity contribution in [3.63, 3.8) is 0 Å². The van der Waals surface area contributed by atoms with Crippen molar-refractivity contribution in [3.05, 3.63) is 53.9 Å². The summed E-state index contributed by atoms with van der Waals surface area (Å²) in [5, 5.41) is 2.16. The summed E-state index contributed by atoms with van der Waals surface area (Å²) in [5.41, 5.74) is 1.51. The molecule has 0 bridgehead atoms. The van der Waals surface area contributed by atoms with Crippen LogP contribution >= 0.6 is 0 Å². The van der Waals surface area contributed by atoms with Crippen LogP contribution < -0.4 is 10.1 Å². The minimum atomic E-state index is -0.705. The maximum atomic E-state index is 11.9. The summed E-state index contributed by atoms with van der Waals surface area (Å²) < 4.78 is 11.7. The van der Waals surface area contributed by atoms with Crippen molar-refractivity contribution in [2.24, 2.45) is 7.05 Å². The number of amides is 2. The zero-order valence-electron chi connectivity index (χ0n) is 15.9. The van der Waals surface area contributed by atoms with Crippen LogP contribution in [0.4, 0.5) is 0 Å². The highest BCUT2D eigenvalue weighted by Gasteiger charge is 2.15. The summed E-state index contributed by atoms with van der Waals surface area (Å²) in [6.45, 7) is 5.44. The van der Waals surface area contributed by atoms with Crippen LogP contribution in [0.2, 0.25) is 0 Å². The first kappa shape index (κ1) is 20.2. The van der Waals surface area contributed by atoms with E-state index in [1.54, 1.807) is 42.1 Å². The van der Waals surface area contributed by atoms with E-state index < -0.39 is 24.4 Å². The van der Waals surface area contributed by atoms with Gasteiger partial charge in [-0.3, -0.25) is 14.9 Å². The summed E-state index contributed by atoms with van der Waals surface area (Å²) in [6, 6.07) is 10.7. The molecule has 144 valence electrons. The monoisotopic (exact) mass is 372 g/mol. The Kier molecular flexibility index (Phi) is 6.39. The van der Waals surface area contributed by atoms with Gasteiger partial charge in [-0.25, -0.2) is 4.79 Å². The van der Waals surface area contributed by atoms with E-state index in [9.17, 15) is 14.4 Å². The normalized spacial score (nSPS) is 11.0. The molecule has 1 N–H and O–H groups in total. The van der Waals surface area contributed by atoms with Gasteiger partial charge in [-0.05, 0) is 35.2 Å². The van der Waals surface area contributed by atoms with E-state index in [1.165, 1.54) is 0 Å². The number of ether oxygens (including phenoxy) is 2. The summed E-state index contributed by atoms with van der Waals surface area (Å²) in [6.07, 6.45) is 1.69. The van der Waals surface area contributed by atoms with Crippen molar-refractivity contribution in [1.82, 2.24) is 9.88 Å². The van der Waals surface area contributed by atoms with Crippen LogP contribution in [0.5, 0.6) is 5.75 Å². The minimum Gasteiger partial charge on any atom is -0.482 e. The number of esters is 1. The molecular formula is C20H24N2O5. The molecule has 0 aliphatic rings. The standard InChI is InChI=1S/C20H24N2O5/c1-20(2,3)14-7-9-15(10-8-14)26-13-18(24)27-12-17(23)21-19(25)16-6-5-11-22(16)4/h5-11H,12-13H2,1-4H3,(H,21,23,25). The largest absolute Gasteiger partial charge is 0.482 e. The maximum Gasteiger partial charge on any atom is 0.344 e. The lowest BCUT2D eigenvalue weighted by molar-refractivity contribution is -0.150. The van der Waals surface area contributed by atoms with E-state index in [0.717, 1.165) is 5.56 Å². The summed E-state index contributed by atoms with van der Waals surface area (Å²) in [4.78, 5) is 35.3. The Morgan fingerprint density at radius 1 is 1.04 bits per heavy atom. The average Bonchev–Trinajstić information content (AvgIpc) is 3.04. The molecule has 0 radical (unpaired) electrons. The van der Waals surface area contributed by atoms with Gasteiger partial charge in [-0.2, -0.15) is 0 Å². The summed E-state index contributed by atoms with van der Waals surface area (Å²) >= 11 is 0. The molecule has 7 nitrogen and oxygen atoms in total. The van der Waals surface area contributed by atoms with Gasteiger partial charge in [0.1, 0.15) is 11.4 Å². The first-order chi connectivity index (χ1) is 12.7. The number of rotatable bonds is 6. The Balaban J connectivity index is 1.73. The molecule has 0 unspecified atom stereocenters. The van der Waals surface area contributed by atoms with Gasteiger partial charge >= 0.3 is 5.97 Å². The number of hydrogen-bond donors (Lipinski definition) is 1. The lowest BCUT2D eigenvalue weighted by atomic mass is 9.87. The summed E-state index contributed by atoms with van der Waals surface area (Å²) in [5.74, 6) is -1.43. The molecule has 27 heavy (non-hydrogen) atoms. The van der Waals surface area contributed by atoms with Gasteiger partial charge in [0.2, 0.25) is 0 Å². The van der Waals surface area contributed by atoms with Crippen molar-refractivity contribution >= 4 is 17.8 Å². The predicted molar refractivity (Wildman–Crippen MR) is 99.5 cm³/mol. The lowest BCUT2D eigenvalue weighted by Gasteiger charge is -2.19. The van der Waals surface area contributed by atoms with Crippen LogP contribution in [0.25, 0.3) is 0 Å². The molecule has 0 saturated heterocycles. The average molecular weight is 372 g/mol. The first-order valence-electron chi connectivity index (χ1n) is 8.51. The van der Waals surface area contributed by atoms with Gasteiger partial charge in [-0.1, -0.05) is 32.9 Å². The molecular weight excluding hydrogens is 348 g/mol. The van der Waals surface area contributed by atoms with Gasteiger partial charge in [0, 0.05) is 13.2 Å². The number of aryl methyl sites for hydroxylation is 1. The molecule has 2 amide bonds. The highest BCUT2D eigenvalue weighted by molar-refractivity contribution is 6.04. The van der Waals surface area contributed by atoms with Crippen molar-refractivity contribution in [3.8, 4) is 5.75 Å². The smallest absolute Gasteiger partial charge is 0.344 e. The second kappa shape index (κ2) is 8.53. The maximum absolute atomic E-state index is 11.9. The Hall–Kier alpha value is -3.09. The Bertz CT molecular complexity index is 816. The third-order valence-corrected chi connectivity index (χ3v) is 3.87. The number of hydrogen-bond acceptors (Lipinski definition) is 5. The van der Waals surface area contributed by atoms with Crippen LogP contribution in [-0.4, -0.2) is 35.6 Å². The Morgan fingerprint density at radius 3 is 2.26 bits per heavy atom. The van der Waals surface area contributed by atoms with Crippen LogP contribution in [0.1, 0.15) is 36.8 Å². The molecule has 2 rings (SSSR count). The van der Waals surface area contributed by atoms with Crippen molar-refractivity contribution in [2.45, 2.75) is 26.2 Å². The van der Waals surface area contributed by atoms with Crippen LogP contribution in [0, 0.1) is 0 Å². The second-order valence-electron chi connectivity index (χ2n) is 7.11. The van der Waals surface area contributed by atoms with Gasteiger partial charge in [-0.15, -0.1) is 0 Å². The van der Waals surface area contributed by atoms with E-state index in [0.29, 0.717) is 11.4 Å².